The van der Waals surface area contributed by atoms with E-state index in [2.05, 4.69) is 4.65 Å². The summed E-state index contributed by atoms with van der Waals surface area (Å²) in [6, 6.07) is 0. The summed E-state index contributed by atoms with van der Waals surface area (Å²) in [6.07, 6.45) is 0. The molecule has 0 aliphatic heterocycles. The summed E-state index contributed by atoms with van der Waals surface area (Å²) < 4.78 is 3.77. The van der Waals surface area contributed by atoms with Crippen molar-refractivity contribution in [2.75, 3.05) is 0 Å². The molecule has 0 bridgehead atoms. The molecule has 4 nitrogen and oxygen atoms in total. The van der Waals surface area contributed by atoms with Gasteiger partial charge in [0.25, 0.3) is 0 Å². The van der Waals surface area contributed by atoms with Gasteiger partial charge in [-0.2, -0.15) is 0 Å². The molecule has 0 rings (SSSR count). The van der Waals surface area contributed by atoms with Crippen LogP contribution in [0.25, 0.3) is 0 Å². The predicted molar refractivity (Wildman–Crippen MR) is 56.4 cm³/mol. The Bertz CT molecular complexity index is 112. The van der Waals surface area contributed by atoms with Crippen LogP contribution in [-0.2, 0) is 14.2 Å². The van der Waals surface area contributed by atoms with E-state index in [0.717, 1.165) is 8.05 Å². The fourth-order valence-electron chi connectivity index (χ4n) is 0.0873. The second kappa shape index (κ2) is 17.3. The van der Waals surface area contributed by atoms with Crippen molar-refractivity contribution in [3.63, 3.8) is 0 Å². The Morgan fingerprint density at radius 2 is 1.55 bits per heavy atom. The minimum absolute atomic E-state index is 0. The molecule has 0 unspecified atom stereocenters. The van der Waals surface area contributed by atoms with Gasteiger partial charge in [0.1, 0.15) is 0 Å². The zero-order valence-corrected chi connectivity index (χ0v) is 3.67. The molecule has 0 fully saturated rings. The molecule has 0 spiro atoms. The van der Waals surface area contributed by atoms with Crippen LogP contribution in [0.2, 0.25) is 0 Å². The number of carbonyl (C=O) groups excluding carboxylic acids is 1. The first-order chi connectivity index (χ1) is 3.18. The molecule has 0 aliphatic carbocycles. The molecular weight excluding hydrogens is 165 g/mol. The van der Waals surface area contributed by atoms with Crippen molar-refractivity contribution in [3.05, 3.63) is 0 Å². The van der Waals surface area contributed by atoms with Crippen LogP contribution in [0, 0.1) is 0 Å². The normalized spacial score (nSPS) is 4.73. The number of hydrogen-bond donors (Lipinski definition) is 1. The average Bonchev–Trinajstić information content (AvgIpc) is 1.65. The summed E-state index contributed by atoms with van der Waals surface area (Å²) in [4.78, 5) is 19.1. The van der Waals surface area contributed by atoms with E-state index in [1.54, 1.807) is 0 Å². The zero-order valence-electron chi connectivity index (χ0n) is 3.67. The van der Waals surface area contributed by atoms with E-state index in [1.165, 1.54) is 0 Å². The average molecular weight is 176 g/mol. The quantitative estimate of drug-likeness (QED) is 0.295. The van der Waals surface area contributed by atoms with Gasteiger partial charge in [0.05, 0.1) is 8.41 Å². The Hall–Kier alpha value is 1.20. The van der Waals surface area contributed by atoms with Gasteiger partial charge in [-0.05, 0) is 0 Å². The maximum absolute atomic E-state index is 9.69. The largest absolute Gasteiger partial charge is 0.316 e. The minimum atomic E-state index is -1.57. The first-order valence-corrected chi connectivity index (χ1v) is 1.49. The van der Waals surface area contributed by atoms with Crippen molar-refractivity contribution in [2.45, 2.75) is 0 Å². The number of hydrogen-bond acceptors (Lipinski definition) is 3. The number of aliphatic carboxylic acids is 1. The molecule has 0 atom stereocenters. The van der Waals surface area contributed by atoms with Crippen molar-refractivity contribution in [3.8, 4) is 0 Å². The van der Waals surface area contributed by atoms with Crippen molar-refractivity contribution in [2.24, 2.45) is 0 Å². The standard InChI is InChI=1S/C2H3BO4.BH3.Li.2Mg.5H/c3-7-2(6)1(4)5;;;;;;;;;/h3H2,(H,4,5);1H3;;;;;;;;. The molecule has 54 valence electrons. The third kappa shape index (κ3) is 18.3. The molecule has 0 saturated carbocycles. The van der Waals surface area contributed by atoms with Crippen LogP contribution in [0.1, 0.15) is 0 Å². The van der Waals surface area contributed by atoms with Crippen LogP contribution >= 0.6 is 0 Å². The maximum Gasteiger partial charge on any atom is 0.316 e. The second-order valence-electron chi connectivity index (χ2n) is 0.797. The van der Waals surface area contributed by atoms with Gasteiger partial charge < -0.3 is 9.76 Å². The van der Waals surface area contributed by atoms with E-state index in [0.29, 0.717) is 0 Å². The monoisotopic (exact) mass is 176 g/mol. The Morgan fingerprint density at radius 3 is 1.55 bits per heavy atom. The maximum atomic E-state index is 9.69. The molecule has 0 amide bonds. The van der Waals surface area contributed by atoms with Crippen LogP contribution in [0.5, 0.6) is 0 Å². The first kappa shape index (κ1) is 29.5. The molecule has 11 heavy (non-hydrogen) atoms. The smallest absolute Gasteiger partial charge is 0.316 e. The summed E-state index contributed by atoms with van der Waals surface area (Å²) >= 11 is 0. The van der Waals surface area contributed by atoms with Crippen molar-refractivity contribution in [1.29, 1.82) is 0 Å². The van der Waals surface area contributed by atoms with Gasteiger partial charge in [-0.1, -0.05) is 0 Å². The Kier molecular flexibility index (Phi) is 46.5. The number of carbonyl (C=O) groups is 2. The summed E-state index contributed by atoms with van der Waals surface area (Å²) in [7, 11) is 1.01. The van der Waals surface area contributed by atoms with Gasteiger partial charge in [-0.3, -0.25) is 0 Å². The van der Waals surface area contributed by atoms with Crippen LogP contribution in [-0.4, -0.2) is 98.5 Å². The van der Waals surface area contributed by atoms with Gasteiger partial charge in [0.15, 0.2) is 0 Å². The third-order valence-electron chi connectivity index (χ3n) is 0.360. The van der Waals surface area contributed by atoms with Crippen LogP contribution in [0.4, 0.5) is 0 Å². The van der Waals surface area contributed by atoms with Crippen molar-refractivity contribution in [1.82, 2.24) is 0 Å². The molecule has 0 saturated heterocycles. The van der Waals surface area contributed by atoms with E-state index < -0.39 is 11.9 Å². The Labute approximate surface area is 112 Å². The molecular formula is C2H11B2LiMg2O4. The van der Waals surface area contributed by atoms with Gasteiger partial charge in [0.2, 0.25) is 0 Å². The van der Waals surface area contributed by atoms with Gasteiger partial charge in [-0.25, -0.2) is 9.59 Å². The van der Waals surface area contributed by atoms with E-state index in [-0.39, 0.29) is 73.4 Å². The molecule has 0 aliphatic rings. The first-order valence-electron chi connectivity index (χ1n) is 1.49. The van der Waals surface area contributed by atoms with E-state index in [1.807, 2.05) is 0 Å². The van der Waals surface area contributed by atoms with Crippen molar-refractivity contribution >= 4 is 93.4 Å². The number of carboxylic acids is 1. The molecule has 9 heteroatoms. The minimum Gasteiger partial charge on any atom is 0.316 e. The molecule has 1 N–H and O–H groups in total. The van der Waals surface area contributed by atoms with Gasteiger partial charge >= 0.3 is 85.0 Å². The SMILES string of the molecule is B.BOC(=O)C(=O)O.[LiH].[MgH2].[MgH2]. The van der Waals surface area contributed by atoms with Gasteiger partial charge in [0, 0.05) is 0 Å². The molecule has 0 radical (unpaired) electrons. The van der Waals surface area contributed by atoms with Crippen LogP contribution in [0.15, 0.2) is 0 Å². The van der Waals surface area contributed by atoms with Gasteiger partial charge in [-0.15, -0.1) is 0 Å². The number of rotatable bonds is 0. The van der Waals surface area contributed by atoms with Crippen molar-refractivity contribution < 1.29 is 19.3 Å². The van der Waals surface area contributed by atoms with Crippen LogP contribution < -0.4 is 0 Å². The fourth-order valence-corrected chi connectivity index (χ4v) is 0.0873. The fraction of sp³-hybridized carbons (Fsp3) is 0. The molecule has 0 heterocycles. The Balaban J connectivity index is -0.0000000300. The number of carboxylic acid groups (broad SMARTS) is 1. The Morgan fingerprint density at radius 1 is 1.27 bits per heavy atom. The van der Waals surface area contributed by atoms with E-state index >= 15 is 0 Å². The summed E-state index contributed by atoms with van der Waals surface area (Å²) in [5, 5.41) is 7.71. The van der Waals surface area contributed by atoms with E-state index in [9.17, 15) is 9.59 Å². The summed E-state index contributed by atoms with van der Waals surface area (Å²) in [6.45, 7) is 0. The van der Waals surface area contributed by atoms with E-state index in [4.69, 9.17) is 5.11 Å². The van der Waals surface area contributed by atoms with Crippen LogP contribution in [0.3, 0.4) is 0 Å². The predicted octanol–water partition coefficient (Wildman–Crippen LogP) is -5.50. The topological polar surface area (TPSA) is 63.6 Å². The molecule has 0 aromatic rings. The summed E-state index contributed by atoms with van der Waals surface area (Å²) in [5.41, 5.74) is 0. The second-order valence-corrected chi connectivity index (χ2v) is 0.797. The zero-order chi connectivity index (χ0) is 5.86. The molecule has 0 aromatic carbocycles. The third-order valence-corrected chi connectivity index (χ3v) is 0.360. The molecule has 0 aromatic heterocycles. The summed E-state index contributed by atoms with van der Waals surface area (Å²) in [5.74, 6) is -2.80.